The van der Waals surface area contributed by atoms with Gasteiger partial charge < -0.3 is 15.8 Å². The molecule has 2 rings (SSSR count). The number of nitrogens with zero attached hydrogens (tertiary/aromatic N) is 3. The number of nitrogens with one attached hydrogen (secondary N) is 1. The SMILES string of the molecule is COC(=O)c1cc(NCc2ncn(C)n2)ccc1N. The van der Waals surface area contributed by atoms with Crippen LogP contribution < -0.4 is 11.1 Å². The normalized spacial score (nSPS) is 10.2. The summed E-state index contributed by atoms with van der Waals surface area (Å²) >= 11 is 0. The number of nitrogens with two attached hydrogens (primary N) is 1. The Hall–Kier alpha value is -2.57. The van der Waals surface area contributed by atoms with Crippen LogP contribution in [0.1, 0.15) is 16.2 Å². The Morgan fingerprint density at radius 3 is 2.95 bits per heavy atom. The minimum absolute atomic E-state index is 0.335. The lowest BCUT2D eigenvalue weighted by molar-refractivity contribution is 0.0602. The van der Waals surface area contributed by atoms with Crippen molar-refractivity contribution in [1.82, 2.24) is 14.8 Å². The Kier molecular flexibility index (Phi) is 3.65. The molecule has 0 aliphatic rings. The summed E-state index contributed by atoms with van der Waals surface area (Å²) in [5.74, 6) is 0.205. The maximum absolute atomic E-state index is 11.5. The van der Waals surface area contributed by atoms with E-state index in [0.29, 0.717) is 23.6 Å². The molecule has 0 saturated heterocycles. The molecule has 1 aromatic heterocycles. The van der Waals surface area contributed by atoms with E-state index in [1.807, 2.05) is 0 Å². The molecule has 1 heterocycles. The predicted octanol–water partition coefficient (Wildman–Crippen LogP) is 0.796. The van der Waals surface area contributed by atoms with E-state index < -0.39 is 5.97 Å². The van der Waals surface area contributed by atoms with E-state index in [9.17, 15) is 4.79 Å². The Balaban J connectivity index is 2.10. The van der Waals surface area contributed by atoms with Crippen molar-refractivity contribution in [2.75, 3.05) is 18.2 Å². The van der Waals surface area contributed by atoms with Crippen molar-refractivity contribution in [3.05, 3.63) is 35.9 Å². The number of carbonyl (C=O) groups excluding carboxylic acids is 1. The van der Waals surface area contributed by atoms with Crippen LogP contribution in [-0.4, -0.2) is 27.8 Å². The largest absolute Gasteiger partial charge is 0.465 e. The van der Waals surface area contributed by atoms with E-state index in [4.69, 9.17) is 5.73 Å². The number of hydrogen-bond donors (Lipinski definition) is 2. The second-order valence-electron chi connectivity index (χ2n) is 3.98. The van der Waals surface area contributed by atoms with Gasteiger partial charge in [-0.1, -0.05) is 0 Å². The molecule has 0 fully saturated rings. The predicted molar refractivity (Wildman–Crippen MR) is 70.5 cm³/mol. The zero-order valence-electron chi connectivity index (χ0n) is 10.8. The third-order valence-corrected chi connectivity index (χ3v) is 2.56. The number of nitrogen functional groups attached to an aromatic ring is 1. The molecule has 19 heavy (non-hydrogen) atoms. The Bertz CT molecular complexity index is 594. The Morgan fingerprint density at radius 1 is 1.53 bits per heavy atom. The average Bonchev–Trinajstić information content (AvgIpc) is 2.83. The quantitative estimate of drug-likeness (QED) is 0.624. The number of hydrogen-bond acceptors (Lipinski definition) is 6. The maximum atomic E-state index is 11.5. The molecule has 100 valence electrons. The summed E-state index contributed by atoms with van der Waals surface area (Å²) in [6.45, 7) is 0.464. The smallest absolute Gasteiger partial charge is 0.340 e. The van der Waals surface area contributed by atoms with Crippen LogP contribution in [-0.2, 0) is 18.3 Å². The lowest BCUT2D eigenvalue weighted by atomic mass is 10.1. The zero-order chi connectivity index (χ0) is 13.8. The van der Waals surface area contributed by atoms with Crippen LogP contribution in [0.5, 0.6) is 0 Å². The van der Waals surface area contributed by atoms with Crippen molar-refractivity contribution in [2.45, 2.75) is 6.54 Å². The van der Waals surface area contributed by atoms with Gasteiger partial charge in [-0.15, -0.1) is 0 Å². The molecule has 0 spiro atoms. The van der Waals surface area contributed by atoms with Gasteiger partial charge in [0, 0.05) is 18.4 Å². The molecule has 0 saturated carbocycles. The minimum atomic E-state index is -0.461. The number of aromatic nitrogens is 3. The van der Waals surface area contributed by atoms with Gasteiger partial charge in [0.15, 0.2) is 5.82 Å². The summed E-state index contributed by atoms with van der Waals surface area (Å²) in [5.41, 5.74) is 7.19. The molecule has 7 nitrogen and oxygen atoms in total. The van der Waals surface area contributed by atoms with Gasteiger partial charge in [0.25, 0.3) is 0 Å². The van der Waals surface area contributed by atoms with Gasteiger partial charge in [-0.05, 0) is 18.2 Å². The molecule has 1 aromatic carbocycles. The van der Waals surface area contributed by atoms with Crippen LogP contribution in [0.3, 0.4) is 0 Å². The van der Waals surface area contributed by atoms with E-state index in [1.165, 1.54) is 7.11 Å². The zero-order valence-corrected chi connectivity index (χ0v) is 10.8. The first-order valence-electron chi connectivity index (χ1n) is 5.66. The van der Waals surface area contributed by atoms with Gasteiger partial charge in [0.1, 0.15) is 6.33 Å². The fourth-order valence-electron chi connectivity index (χ4n) is 1.60. The second kappa shape index (κ2) is 5.38. The third kappa shape index (κ3) is 3.01. The molecule has 0 aliphatic heterocycles. The number of carbonyl (C=O) groups is 1. The van der Waals surface area contributed by atoms with Crippen LogP contribution in [0.2, 0.25) is 0 Å². The van der Waals surface area contributed by atoms with Crippen LogP contribution in [0.15, 0.2) is 24.5 Å². The fraction of sp³-hybridized carbons (Fsp3) is 0.250. The lowest BCUT2D eigenvalue weighted by Crippen LogP contribution is -2.08. The van der Waals surface area contributed by atoms with E-state index >= 15 is 0 Å². The molecule has 0 amide bonds. The van der Waals surface area contributed by atoms with E-state index in [1.54, 1.807) is 36.3 Å². The number of benzene rings is 1. The third-order valence-electron chi connectivity index (χ3n) is 2.56. The monoisotopic (exact) mass is 261 g/mol. The summed E-state index contributed by atoms with van der Waals surface area (Å²) in [6.07, 6.45) is 1.62. The highest BCUT2D eigenvalue weighted by atomic mass is 16.5. The van der Waals surface area contributed by atoms with Crippen LogP contribution in [0.4, 0.5) is 11.4 Å². The fourth-order valence-corrected chi connectivity index (χ4v) is 1.60. The highest BCUT2D eigenvalue weighted by Crippen LogP contribution is 2.19. The molecular weight excluding hydrogens is 246 g/mol. The van der Waals surface area contributed by atoms with Crippen molar-refractivity contribution in [3.8, 4) is 0 Å². The number of aryl methyl sites for hydroxylation is 1. The second-order valence-corrected chi connectivity index (χ2v) is 3.98. The maximum Gasteiger partial charge on any atom is 0.340 e. The first-order chi connectivity index (χ1) is 9.10. The number of esters is 1. The Morgan fingerprint density at radius 2 is 2.32 bits per heavy atom. The highest BCUT2D eigenvalue weighted by molar-refractivity contribution is 5.96. The average molecular weight is 261 g/mol. The van der Waals surface area contributed by atoms with Crippen molar-refractivity contribution >= 4 is 17.3 Å². The molecule has 2 aromatic rings. The van der Waals surface area contributed by atoms with Crippen LogP contribution >= 0.6 is 0 Å². The van der Waals surface area contributed by atoms with Crippen molar-refractivity contribution in [3.63, 3.8) is 0 Å². The standard InChI is InChI=1S/C12H15N5O2/c1-17-7-15-11(16-17)6-14-8-3-4-10(13)9(5-8)12(18)19-2/h3-5,7,14H,6,13H2,1-2H3. The number of anilines is 2. The first kappa shape index (κ1) is 12.9. The van der Waals surface area contributed by atoms with Crippen molar-refractivity contribution in [2.24, 2.45) is 7.05 Å². The minimum Gasteiger partial charge on any atom is -0.465 e. The van der Waals surface area contributed by atoms with Crippen LogP contribution in [0, 0.1) is 0 Å². The van der Waals surface area contributed by atoms with Gasteiger partial charge in [0.2, 0.25) is 0 Å². The molecule has 0 radical (unpaired) electrons. The molecule has 0 bridgehead atoms. The van der Waals surface area contributed by atoms with Gasteiger partial charge in [-0.2, -0.15) is 5.10 Å². The number of ether oxygens (including phenoxy) is 1. The van der Waals surface area contributed by atoms with E-state index in [0.717, 1.165) is 5.69 Å². The van der Waals surface area contributed by atoms with Gasteiger partial charge in [0.05, 0.1) is 19.2 Å². The van der Waals surface area contributed by atoms with E-state index in [2.05, 4.69) is 20.1 Å². The topological polar surface area (TPSA) is 95.1 Å². The van der Waals surface area contributed by atoms with E-state index in [-0.39, 0.29) is 0 Å². The van der Waals surface area contributed by atoms with Crippen LogP contribution in [0.25, 0.3) is 0 Å². The highest BCUT2D eigenvalue weighted by Gasteiger charge is 2.10. The Labute approximate surface area is 110 Å². The summed E-state index contributed by atoms with van der Waals surface area (Å²) in [4.78, 5) is 15.6. The summed E-state index contributed by atoms with van der Waals surface area (Å²) < 4.78 is 6.29. The lowest BCUT2D eigenvalue weighted by Gasteiger charge is -2.08. The molecular formula is C12H15N5O2. The van der Waals surface area contributed by atoms with Gasteiger partial charge in [-0.25, -0.2) is 9.78 Å². The number of methoxy groups -OCH3 is 1. The summed E-state index contributed by atoms with van der Waals surface area (Å²) in [6, 6.07) is 5.08. The van der Waals surface area contributed by atoms with Gasteiger partial charge >= 0.3 is 5.97 Å². The first-order valence-corrected chi connectivity index (χ1v) is 5.66. The molecule has 0 unspecified atom stereocenters. The van der Waals surface area contributed by atoms with Gasteiger partial charge in [-0.3, -0.25) is 4.68 Å². The van der Waals surface area contributed by atoms with Crippen molar-refractivity contribution < 1.29 is 9.53 Å². The molecule has 0 atom stereocenters. The number of rotatable bonds is 4. The molecule has 3 N–H and O–H groups in total. The molecule has 7 heteroatoms. The summed E-state index contributed by atoms with van der Waals surface area (Å²) in [5, 5.41) is 7.26. The van der Waals surface area contributed by atoms with Crippen molar-refractivity contribution in [1.29, 1.82) is 0 Å². The molecule has 0 aliphatic carbocycles. The summed E-state index contributed by atoms with van der Waals surface area (Å²) in [7, 11) is 3.12.